The van der Waals surface area contributed by atoms with E-state index in [9.17, 15) is 4.79 Å². The standard InChI is InChI=1S/C9H10O.HI/c1-2-9(10)8-6-4-3-5-7-8;/h3-7H,2H2,1H3;1H. The van der Waals surface area contributed by atoms with Crippen molar-refractivity contribution in [3.63, 3.8) is 0 Å². The largest absolute Gasteiger partial charge is 0.294 e. The number of halogens is 1. The molecule has 0 amide bonds. The molecule has 0 atom stereocenters. The first-order chi connectivity index (χ1) is 4.84. The van der Waals surface area contributed by atoms with E-state index < -0.39 is 0 Å². The van der Waals surface area contributed by atoms with Gasteiger partial charge in [0.2, 0.25) is 0 Å². The van der Waals surface area contributed by atoms with Gasteiger partial charge in [0.05, 0.1) is 0 Å². The van der Waals surface area contributed by atoms with Crippen molar-refractivity contribution < 1.29 is 4.79 Å². The molecule has 0 aliphatic carbocycles. The van der Waals surface area contributed by atoms with Gasteiger partial charge < -0.3 is 0 Å². The highest BCUT2D eigenvalue weighted by atomic mass is 127. The molecule has 0 N–H and O–H groups in total. The molecule has 0 heterocycles. The monoisotopic (exact) mass is 262 g/mol. The second-order valence-corrected chi connectivity index (χ2v) is 2.14. The van der Waals surface area contributed by atoms with Crippen LogP contribution in [0.3, 0.4) is 0 Å². The number of benzene rings is 1. The molecule has 0 saturated carbocycles. The highest BCUT2D eigenvalue weighted by Gasteiger charge is 1.98. The third-order valence-corrected chi connectivity index (χ3v) is 1.42. The van der Waals surface area contributed by atoms with E-state index in [0.717, 1.165) is 5.56 Å². The number of hydrogen-bond donors (Lipinski definition) is 0. The Morgan fingerprint density at radius 3 is 2.27 bits per heavy atom. The van der Waals surface area contributed by atoms with Gasteiger partial charge in [-0.15, -0.1) is 24.0 Å². The van der Waals surface area contributed by atoms with Gasteiger partial charge in [0.15, 0.2) is 5.78 Å². The fraction of sp³-hybridized carbons (Fsp3) is 0.222. The summed E-state index contributed by atoms with van der Waals surface area (Å²) in [7, 11) is 0. The molecule has 0 bridgehead atoms. The van der Waals surface area contributed by atoms with Crippen molar-refractivity contribution in [3.8, 4) is 0 Å². The summed E-state index contributed by atoms with van der Waals surface area (Å²) in [6, 6.07) is 9.34. The molecule has 1 nitrogen and oxygen atoms in total. The first-order valence-electron chi connectivity index (χ1n) is 3.43. The minimum absolute atomic E-state index is 0. The number of hydrogen-bond acceptors (Lipinski definition) is 1. The van der Waals surface area contributed by atoms with Crippen LogP contribution in [0.4, 0.5) is 0 Å². The Kier molecular flexibility index (Phi) is 5.11. The summed E-state index contributed by atoms with van der Waals surface area (Å²) < 4.78 is 0. The molecule has 0 radical (unpaired) electrons. The molecule has 0 aromatic heterocycles. The van der Waals surface area contributed by atoms with E-state index >= 15 is 0 Å². The van der Waals surface area contributed by atoms with Gasteiger partial charge in [-0.1, -0.05) is 37.3 Å². The Hall–Kier alpha value is -0.380. The topological polar surface area (TPSA) is 17.1 Å². The Balaban J connectivity index is 0.000001000. The summed E-state index contributed by atoms with van der Waals surface area (Å²) in [5.41, 5.74) is 0.810. The van der Waals surface area contributed by atoms with Gasteiger partial charge in [-0.05, 0) is 0 Å². The maximum absolute atomic E-state index is 11.0. The van der Waals surface area contributed by atoms with Crippen molar-refractivity contribution in [2.75, 3.05) is 0 Å². The van der Waals surface area contributed by atoms with Crippen LogP contribution in [-0.2, 0) is 0 Å². The predicted octanol–water partition coefficient (Wildman–Crippen LogP) is 2.90. The zero-order chi connectivity index (χ0) is 7.40. The summed E-state index contributed by atoms with van der Waals surface area (Å²) in [6.45, 7) is 1.87. The number of carbonyl (C=O) groups is 1. The first-order valence-corrected chi connectivity index (χ1v) is 3.43. The third-order valence-electron chi connectivity index (χ3n) is 1.42. The lowest BCUT2D eigenvalue weighted by atomic mass is 10.1. The van der Waals surface area contributed by atoms with Gasteiger partial charge in [0.1, 0.15) is 0 Å². The van der Waals surface area contributed by atoms with Crippen LogP contribution in [0.2, 0.25) is 0 Å². The van der Waals surface area contributed by atoms with Crippen LogP contribution in [0, 0.1) is 0 Å². The van der Waals surface area contributed by atoms with Gasteiger partial charge in [-0.2, -0.15) is 0 Å². The Bertz CT molecular complexity index is 218. The third kappa shape index (κ3) is 3.01. The molecule has 0 fully saturated rings. The number of carbonyl (C=O) groups excluding carboxylic acids is 1. The normalized spacial score (nSPS) is 8.45. The average molecular weight is 262 g/mol. The fourth-order valence-electron chi connectivity index (χ4n) is 0.828. The van der Waals surface area contributed by atoms with Crippen LogP contribution in [-0.4, -0.2) is 5.78 Å². The van der Waals surface area contributed by atoms with Gasteiger partial charge in [-0.25, -0.2) is 0 Å². The smallest absolute Gasteiger partial charge is 0.162 e. The van der Waals surface area contributed by atoms with E-state index in [1.54, 1.807) is 0 Å². The molecule has 2 heteroatoms. The second-order valence-electron chi connectivity index (χ2n) is 2.14. The average Bonchev–Trinajstić information content (AvgIpc) is 2.05. The SMILES string of the molecule is CCC(=O)c1ccccc1.I. The van der Waals surface area contributed by atoms with Crippen molar-refractivity contribution in [2.24, 2.45) is 0 Å². The van der Waals surface area contributed by atoms with E-state index in [0.29, 0.717) is 6.42 Å². The highest BCUT2D eigenvalue weighted by Crippen LogP contribution is 2.01. The number of Topliss-reactive ketones (excluding diaryl/α,β-unsaturated/α-hetero) is 1. The molecule has 1 rings (SSSR count). The molecule has 60 valence electrons. The molecule has 11 heavy (non-hydrogen) atoms. The Morgan fingerprint density at radius 2 is 1.82 bits per heavy atom. The molecule has 0 spiro atoms. The van der Waals surface area contributed by atoms with E-state index in [1.165, 1.54) is 0 Å². The predicted molar refractivity (Wildman–Crippen MR) is 56.5 cm³/mol. The summed E-state index contributed by atoms with van der Waals surface area (Å²) in [4.78, 5) is 11.0. The Labute approximate surface area is 83.8 Å². The van der Waals surface area contributed by atoms with Crippen molar-refractivity contribution in [1.29, 1.82) is 0 Å². The maximum Gasteiger partial charge on any atom is 0.162 e. The van der Waals surface area contributed by atoms with Crippen LogP contribution in [0.5, 0.6) is 0 Å². The maximum atomic E-state index is 11.0. The van der Waals surface area contributed by atoms with Gasteiger partial charge in [0, 0.05) is 12.0 Å². The Morgan fingerprint density at radius 1 is 1.27 bits per heavy atom. The lowest BCUT2D eigenvalue weighted by molar-refractivity contribution is 0.0988. The van der Waals surface area contributed by atoms with Crippen molar-refractivity contribution in [1.82, 2.24) is 0 Å². The van der Waals surface area contributed by atoms with E-state index in [-0.39, 0.29) is 29.8 Å². The number of rotatable bonds is 2. The summed E-state index contributed by atoms with van der Waals surface area (Å²) in [6.07, 6.45) is 0.587. The zero-order valence-electron chi connectivity index (χ0n) is 6.41. The van der Waals surface area contributed by atoms with Crippen molar-refractivity contribution in [3.05, 3.63) is 35.9 Å². The molecule has 0 aliphatic rings. The lowest BCUT2D eigenvalue weighted by Crippen LogP contribution is -1.94. The fourth-order valence-corrected chi connectivity index (χ4v) is 0.828. The summed E-state index contributed by atoms with van der Waals surface area (Å²) in [5, 5.41) is 0. The first kappa shape index (κ1) is 10.6. The van der Waals surface area contributed by atoms with Crippen LogP contribution in [0.15, 0.2) is 30.3 Å². The highest BCUT2D eigenvalue weighted by molar-refractivity contribution is 14.0. The molecule has 1 aromatic carbocycles. The van der Waals surface area contributed by atoms with E-state index in [4.69, 9.17) is 0 Å². The van der Waals surface area contributed by atoms with Crippen LogP contribution in [0.25, 0.3) is 0 Å². The van der Waals surface area contributed by atoms with Crippen molar-refractivity contribution >= 4 is 29.8 Å². The summed E-state index contributed by atoms with van der Waals surface area (Å²) in [5.74, 6) is 0.209. The van der Waals surface area contributed by atoms with Crippen molar-refractivity contribution in [2.45, 2.75) is 13.3 Å². The van der Waals surface area contributed by atoms with E-state index in [1.807, 2.05) is 37.3 Å². The molecular formula is C9H11IO. The second kappa shape index (κ2) is 5.29. The molecule has 0 saturated heterocycles. The van der Waals surface area contributed by atoms with Gasteiger partial charge >= 0.3 is 0 Å². The zero-order valence-corrected chi connectivity index (χ0v) is 8.74. The van der Waals surface area contributed by atoms with Crippen LogP contribution in [0.1, 0.15) is 23.7 Å². The minimum atomic E-state index is 0. The molecule has 0 unspecified atom stereocenters. The van der Waals surface area contributed by atoms with Gasteiger partial charge in [-0.3, -0.25) is 4.79 Å². The molecule has 0 aliphatic heterocycles. The quantitative estimate of drug-likeness (QED) is 0.591. The van der Waals surface area contributed by atoms with Crippen LogP contribution >= 0.6 is 24.0 Å². The summed E-state index contributed by atoms with van der Waals surface area (Å²) >= 11 is 0. The van der Waals surface area contributed by atoms with Crippen LogP contribution < -0.4 is 0 Å². The lowest BCUT2D eigenvalue weighted by Gasteiger charge is -1.93. The molecular weight excluding hydrogens is 251 g/mol. The van der Waals surface area contributed by atoms with E-state index in [2.05, 4.69) is 0 Å². The molecule has 1 aromatic rings. The number of ketones is 1. The van der Waals surface area contributed by atoms with Gasteiger partial charge in [0.25, 0.3) is 0 Å². The minimum Gasteiger partial charge on any atom is -0.294 e.